The smallest absolute Gasteiger partial charge is 0.416 e. The Labute approximate surface area is 107 Å². The van der Waals surface area contributed by atoms with E-state index in [0.717, 1.165) is 12.7 Å². The molecular formula is C10H15F3N4O2. The molecule has 0 saturated carbocycles. The van der Waals surface area contributed by atoms with E-state index in [2.05, 4.69) is 15.3 Å². The van der Waals surface area contributed by atoms with Gasteiger partial charge in [0.1, 0.15) is 12.0 Å². The first-order chi connectivity index (χ1) is 8.86. The van der Waals surface area contributed by atoms with Crippen molar-refractivity contribution in [3.8, 4) is 5.88 Å². The predicted molar refractivity (Wildman–Crippen MR) is 62.8 cm³/mol. The van der Waals surface area contributed by atoms with E-state index in [1.165, 1.54) is 0 Å². The molecule has 4 N–H and O–H groups in total. The number of aliphatic hydroxyl groups is 1. The topological polar surface area (TPSA) is 93.3 Å². The van der Waals surface area contributed by atoms with Gasteiger partial charge >= 0.3 is 6.18 Å². The molecule has 0 aliphatic rings. The fourth-order valence-electron chi connectivity index (χ4n) is 1.14. The third-order valence-electron chi connectivity index (χ3n) is 2.13. The lowest BCUT2D eigenvalue weighted by Crippen LogP contribution is -2.35. The van der Waals surface area contributed by atoms with Crippen LogP contribution in [0.3, 0.4) is 0 Å². The molecule has 108 valence electrons. The average molecular weight is 280 g/mol. The molecule has 19 heavy (non-hydrogen) atoms. The Balaban J connectivity index is 2.69. The second-order valence-electron chi connectivity index (χ2n) is 3.73. The fourth-order valence-corrected chi connectivity index (χ4v) is 1.14. The van der Waals surface area contributed by atoms with Gasteiger partial charge in [-0.3, -0.25) is 0 Å². The Morgan fingerprint density at radius 1 is 1.47 bits per heavy atom. The predicted octanol–water partition coefficient (Wildman–Crippen LogP) is 1.18. The minimum Gasteiger partial charge on any atom is -0.476 e. The summed E-state index contributed by atoms with van der Waals surface area (Å²) in [5.41, 5.74) is 5.65. The van der Waals surface area contributed by atoms with Crippen LogP contribution in [0.2, 0.25) is 0 Å². The van der Waals surface area contributed by atoms with Gasteiger partial charge in [0.15, 0.2) is 11.9 Å². The van der Waals surface area contributed by atoms with Crippen LogP contribution in [-0.2, 0) is 0 Å². The van der Waals surface area contributed by atoms with Crippen LogP contribution < -0.4 is 15.8 Å². The Bertz CT molecular complexity index is 414. The van der Waals surface area contributed by atoms with Crippen LogP contribution >= 0.6 is 0 Å². The highest BCUT2D eigenvalue weighted by atomic mass is 19.4. The molecular weight excluding hydrogens is 265 g/mol. The summed E-state index contributed by atoms with van der Waals surface area (Å²) >= 11 is 0. The van der Waals surface area contributed by atoms with Crippen LogP contribution in [0.25, 0.3) is 0 Å². The van der Waals surface area contributed by atoms with Crippen LogP contribution in [0, 0.1) is 0 Å². The molecule has 0 aliphatic carbocycles. The number of nitrogens with one attached hydrogen (secondary N) is 1. The first-order valence-corrected chi connectivity index (χ1v) is 5.58. The van der Waals surface area contributed by atoms with Gasteiger partial charge in [-0.05, 0) is 6.42 Å². The number of nitrogens with zero attached hydrogens (tertiary/aromatic N) is 2. The van der Waals surface area contributed by atoms with E-state index in [1.807, 2.05) is 6.92 Å². The van der Waals surface area contributed by atoms with Crippen molar-refractivity contribution in [3.05, 3.63) is 6.33 Å². The molecule has 1 aromatic rings. The lowest BCUT2D eigenvalue weighted by Gasteiger charge is -2.16. The number of alkyl halides is 3. The zero-order valence-corrected chi connectivity index (χ0v) is 10.2. The van der Waals surface area contributed by atoms with Gasteiger partial charge in [0.2, 0.25) is 5.88 Å². The molecule has 0 fully saturated rings. The van der Waals surface area contributed by atoms with E-state index in [9.17, 15) is 13.2 Å². The number of rotatable bonds is 6. The van der Waals surface area contributed by atoms with Crippen LogP contribution in [0.4, 0.5) is 24.7 Å². The summed E-state index contributed by atoms with van der Waals surface area (Å²) < 4.78 is 41.6. The van der Waals surface area contributed by atoms with Gasteiger partial charge in [-0.1, -0.05) is 6.92 Å². The van der Waals surface area contributed by atoms with Crippen molar-refractivity contribution in [2.24, 2.45) is 0 Å². The molecule has 6 nitrogen and oxygen atoms in total. The second kappa shape index (κ2) is 6.41. The van der Waals surface area contributed by atoms with Crippen molar-refractivity contribution >= 4 is 11.5 Å². The molecule has 9 heteroatoms. The van der Waals surface area contributed by atoms with Crippen molar-refractivity contribution in [2.45, 2.75) is 25.6 Å². The van der Waals surface area contributed by atoms with Gasteiger partial charge in [-0.25, -0.2) is 4.98 Å². The van der Waals surface area contributed by atoms with Gasteiger partial charge in [-0.2, -0.15) is 18.2 Å². The van der Waals surface area contributed by atoms with Gasteiger partial charge in [0.05, 0.1) is 13.2 Å². The average Bonchev–Trinajstić information content (AvgIpc) is 2.34. The number of hydrogen-bond acceptors (Lipinski definition) is 6. The zero-order chi connectivity index (χ0) is 14.5. The summed E-state index contributed by atoms with van der Waals surface area (Å²) in [6, 6.07) is 0. The molecule has 1 unspecified atom stereocenters. The van der Waals surface area contributed by atoms with Gasteiger partial charge in [0.25, 0.3) is 0 Å². The standard InChI is InChI=1S/C10H15F3N4O2/c1-2-3-19-9-7(14)8(16-5-17-9)15-4-6(18)10(11,12)13/h5-6,18H,2-4,14H2,1H3,(H,15,16,17). The van der Waals surface area contributed by atoms with E-state index >= 15 is 0 Å². The Morgan fingerprint density at radius 3 is 2.74 bits per heavy atom. The highest BCUT2D eigenvalue weighted by molar-refractivity contribution is 5.66. The number of anilines is 2. The maximum absolute atomic E-state index is 12.1. The van der Waals surface area contributed by atoms with Crippen molar-refractivity contribution in [1.29, 1.82) is 0 Å². The van der Waals surface area contributed by atoms with E-state index in [1.54, 1.807) is 0 Å². The second-order valence-corrected chi connectivity index (χ2v) is 3.73. The van der Waals surface area contributed by atoms with E-state index in [4.69, 9.17) is 15.6 Å². The SMILES string of the molecule is CCCOc1ncnc(NCC(O)C(F)(F)F)c1N. The molecule has 0 spiro atoms. The molecule has 0 aliphatic heterocycles. The van der Waals surface area contributed by atoms with Gasteiger partial charge < -0.3 is 20.9 Å². The number of aliphatic hydroxyl groups excluding tert-OH is 1. The third kappa shape index (κ3) is 4.43. The van der Waals surface area contributed by atoms with Crippen molar-refractivity contribution < 1.29 is 23.0 Å². The molecule has 1 heterocycles. The van der Waals surface area contributed by atoms with Crippen LogP contribution in [0.1, 0.15) is 13.3 Å². The summed E-state index contributed by atoms with van der Waals surface area (Å²) in [5.74, 6) is 0.0882. The lowest BCUT2D eigenvalue weighted by atomic mass is 10.3. The maximum atomic E-state index is 12.1. The van der Waals surface area contributed by atoms with E-state index in [-0.39, 0.29) is 17.4 Å². The zero-order valence-electron chi connectivity index (χ0n) is 10.2. The van der Waals surface area contributed by atoms with Crippen molar-refractivity contribution in [2.75, 3.05) is 24.2 Å². The Kier molecular flexibility index (Phi) is 5.16. The van der Waals surface area contributed by atoms with Crippen molar-refractivity contribution in [3.63, 3.8) is 0 Å². The van der Waals surface area contributed by atoms with E-state index in [0.29, 0.717) is 6.61 Å². The van der Waals surface area contributed by atoms with E-state index < -0.39 is 18.8 Å². The highest BCUT2D eigenvalue weighted by Crippen LogP contribution is 2.26. The molecule has 0 radical (unpaired) electrons. The first-order valence-electron chi connectivity index (χ1n) is 5.58. The lowest BCUT2D eigenvalue weighted by molar-refractivity contribution is -0.198. The van der Waals surface area contributed by atoms with Crippen molar-refractivity contribution in [1.82, 2.24) is 9.97 Å². The number of aromatic nitrogens is 2. The number of nitrogen functional groups attached to an aromatic ring is 1. The van der Waals surface area contributed by atoms with Crippen LogP contribution in [0.15, 0.2) is 6.33 Å². The number of nitrogens with two attached hydrogens (primary N) is 1. The number of halogens is 3. The molecule has 1 rings (SSSR count). The van der Waals surface area contributed by atoms with Crippen LogP contribution in [0.5, 0.6) is 5.88 Å². The summed E-state index contributed by atoms with van der Waals surface area (Å²) in [7, 11) is 0. The fraction of sp³-hybridized carbons (Fsp3) is 0.600. The minimum absolute atomic E-state index is 0.00493. The number of ether oxygens (including phenoxy) is 1. The summed E-state index contributed by atoms with van der Waals surface area (Å²) in [6.45, 7) is 1.51. The molecule has 0 amide bonds. The maximum Gasteiger partial charge on any atom is 0.416 e. The quantitative estimate of drug-likeness (QED) is 0.724. The third-order valence-corrected chi connectivity index (χ3v) is 2.13. The summed E-state index contributed by atoms with van der Waals surface area (Å²) in [5, 5.41) is 11.2. The molecule has 1 atom stereocenters. The largest absolute Gasteiger partial charge is 0.476 e. The number of hydrogen-bond donors (Lipinski definition) is 3. The van der Waals surface area contributed by atoms with Gasteiger partial charge in [0, 0.05) is 0 Å². The molecule has 0 saturated heterocycles. The monoisotopic (exact) mass is 280 g/mol. The normalized spacial score (nSPS) is 13.1. The highest BCUT2D eigenvalue weighted by Gasteiger charge is 2.38. The summed E-state index contributed by atoms with van der Waals surface area (Å²) in [6.07, 6.45) is -5.35. The summed E-state index contributed by atoms with van der Waals surface area (Å²) in [4.78, 5) is 7.46. The van der Waals surface area contributed by atoms with Gasteiger partial charge in [-0.15, -0.1) is 0 Å². The Morgan fingerprint density at radius 2 is 2.16 bits per heavy atom. The Hall–Kier alpha value is -1.77. The van der Waals surface area contributed by atoms with Crippen LogP contribution in [-0.4, -0.2) is 40.5 Å². The first kappa shape index (κ1) is 15.3. The molecule has 0 aromatic carbocycles. The molecule has 0 bridgehead atoms. The minimum atomic E-state index is -4.70. The molecule has 1 aromatic heterocycles.